The zero-order valence-electron chi connectivity index (χ0n) is 12.7. The lowest BCUT2D eigenvalue weighted by Crippen LogP contribution is -2.38. The molecule has 1 aliphatic rings. The van der Waals surface area contributed by atoms with E-state index >= 15 is 0 Å². The van der Waals surface area contributed by atoms with Crippen LogP contribution < -0.4 is 10.6 Å². The van der Waals surface area contributed by atoms with Crippen LogP contribution in [0.4, 0.5) is 5.69 Å². The molecule has 1 aromatic carbocycles. The molecule has 2 N–H and O–H groups in total. The quantitative estimate of drug-likeness (QED) is 0.799. The normalized spacial score (nSPS) is 22.0. The maximum Gasteiger partial charge on any atom is 0.238 e. The monoisotopic (exact) mass is 352 g/mol. The maximum atomic E-state index is 12.0. The van der Waals surface area contributed by atoms with E-state index in [1.54, 1.807) is 0 Å². The number of halogens is 1. The summed E-state index contributed by atoms with van der Waals surface area (Å²) in [4.78, 5) is 12.0. The van der Waals surface area contributed by atoms with Crippen molar-refractivity contribution in [2.24, 2.45) is 5.92 Å². The van der Waals surface area contributed by atoms with Gasteiger partial charge in [0.05, 0.1) is 12.2 Å². The van der Waals surface area contributed by atoms with Crippen molar-refractivity contribution in [3.63, 3.8) is 0 Å². The Hall–Kier alpha value is -0.870. The van der Waals surface area contributed by atoms with E-state index < -0.39 is 0 Å². The number of anilines is 1. The van der Waals surface area contributed by atoms with Crippen LogP contribution in [0, 0.1) is 5.92 Å². The molecule has 1 aliphatic carbocycles. The first-order valence-corrected chi connectivity index (χ1v) is 8.76. The first-order valence-electron chi connectivity index (χ1n) is 7.96. The van der Waals surface area contributed by atoms with Gasteiger partial charge in [0.2, 0.25) is 5.91 Å². The van der Waals surface area contributed by atoms with Crippen LogP contribution in [0.25, 0.3) is 0 Å². The predicted octanol–water partition coefficient (Wildman–Crippen LogP) is 4.34. The number of para-hydroxylation sites is 1. The van der Waals surface area contributed by atoms with Gasteiger partial charge >= 0.3 is 0 Å². The van der Waals surface area contributed by atoms with E-state index in [2.05, 4.69) is 33.5 Å². The van der Waals surface area contributed by atoms with Crippen LogP contribution in [-0.4, -0.2) is 18.5 Å². The van der Waals surface area contributed by atoms with Crippen molar-refractivity contribution in [2.45, 2.75) is 51.5 Å². The first kappa shape index (κ1) is 16.5. The van der Waals surface area contributed by atoms with Gasteiger partial charge in [-0.05, 0) is 59.7 Å². The second-order valence-electron chi connectivity index (χ2n) is 5.92. The highest BCUT2D eigenvalue weighted by molar-refractivity contribution is 9.10. The van der Waals surface area contributed by atoms with Gasteiger partial charge in [0.1, 0.15) is 0 Å². The van der Waals surface area contributed by atoms with Gasteiger partial charge in [-0.1, -0.05) is 31.9 Å². The van der Waals surface area contributed by atoms with Gasteiger partial charge in [0.25, 0.3) is 0 Å². The summed E-state index contributed by atoms with van der Waals surface area (Å²) in [5, 5.41) is 6.33. The molecule has 1 fully saturated rings. The Morgan fingerprint density at radius 1 is 1.24 bits per heavy atom. The molecular weight excluding hydrogens is 328 g/mol. The average molecular weight is 353 g/mol. The third-order valence-corrected chi connectivity index (χ3v) is 4.93. The van der Waals surface area contributed by atoms with Crippen LogP contribution in [0.5, 0.6) is 0 Å². The van der Waals surface area contributed by atoms with E-state index in [0.29, 0.717) is 12.6 Å². The van der Waals surface area contributed by atoms with E-state index in [4.69, 9.17) is 0 Å². The van der Waals surface area contributed by atoms with Gasteiger partial charge in [-0.15, -0.1) is 0 Å². The Balaban J connectivity index is 1.69. The minimum absolute atomic E-state index is 0.0255. The molecule has 3 nitrogen and oxygen atoms in total. The molecule has 4 heteroatoms. The summed E-state index contributed by atoms with van der Waals surface area (Å²) in [6, 6.07) is 8.19. The predicted molar refractivity (Wildman–Crippen MR) is 91.4 cm³/mol. The van der Waals surface area contributed by atoms with Crippen molar-refractivity contribution in [3.05, 3.63) is 28.7 Å². The summed E-state index contributed by atoms with van der Waals surface area (Å²) in [6.45, 7) is 2.65. The first-order chi connectivity index (χ1) is 10.2. The highest BCUT2D eigenvalue weighted by Gasteiger charge is 2.20. The van der Waals surface area contributed by atoms with Crippen LogP contribution in [0.1, 0.15) is 45.4 Å². The second kappa shape index (κ2) is 8.54. The topological polar surface area (TPSA) is 41.1 Å². The number of hydrogen-bond donors (Lipinski definition) is 2. The van der Waals surface area contributed by atoms with E-state index in [1.165, 1.54) is 38.5 Å². The molecule has 2 rings (SSSR count). The second-order valence-corrected chi connectivity index (χ2v) is 6.77. The van der Waals surface area contributed by atoms with Gasteiger partial charge < -0.3 is 10.6 Å². The SMILES string of the molecule is CCCC1CCC(NCC(=O)Nc2ccccc2Br)CC1. The Morgan fingerprint density at radius 2 is 1.95 bits per heavy atom. The number of carbonyl (C=O) groups is 1. The van der Waals surface area contributed by atoms with E-state index in [9.17, 15) is 4.79 Å². The third kappa shape index (κ3) is 5.44. The Labute approximate surface area is 136 Å². The van der Waals surface area contributed by atoms with E-state index in [-0.39, 0.29) is 5.91 Å². The molecule has 0 spiro atoms. The Bertz CT molecular complexity index is 456. The fraction of sp³-hybridized carbons (Fsp3) is 0.588. The lowest BCUT2D eigenvalue weighted by Gasteiger charge is -2.28. The Morgan fingerprint density at radius 3 is 2.62 bits per heavy atom. The lowest BCUT2D eigenvalue weighted by molar-refractivity contribution is -0.115. The lowest BCUT2D eigenvalue weighted by atomic mass is 9.83. The summed E-state index contributed by atoms with van der Waals surface area (Å²) in [7, 11) is 0. The molecule has 0 heterocycles. The third-order valence-electron chi connectivity index (χ3n) is 4.24. The fourth-order valence-electron chi connectivity index (χ4n) is 3.06. The number of rotatable bonds is 6. The largest absolute Gasteiger partial charge is 0.324 e. The molecule has 0 saturated heterocycles. The van der Waals surface area contributed by atoms with Gasteiger partial charge in [-0.2, -0.15) is 0 Å². The highest BCUT2D eigenvalue weighted by atomic mass is 79.9. The smallest absolute Gasteiger partial charge is 0.238 e. The van der Waals surface area contributed by atoms with Crippen molar-refractivity contribution < 1.29 is 4.79 Å². The molecule has 0 unspecified atom stereocenters. The molecule has 1 amide bonds. The van der Waals surface area contributed by atoms with Gasteiger partial charge in [-0.25, -0.2) is 0 Å². The van der Waals surface area contributed by atoms with Crippen molar-refractivity contribution in [3.8, 4) is 0 Å². The molecule has 0 atom stereocenters. The molecule has 0 aliphatic heterocycles. The zero-order valence-corrected chi connectivity index (χ0v) is 14.3. The number of carbonyl (C=O) groups excluding carboxylic acids is 1. The molecule has 1 saturated carbocycles. The highest BCUT2D eigenvalue weighted by Crippen LogP contribution is 2.27. The molecule has 1 aromatic rings. The zero-order chi connectivity index (χ0) is 15.1. The van der Waals surface area contributed by atoms with Crippen molar-refractivity contribution in [1.82, 2.24) is 5.32 Å². The van der Waals surface area contributed by atoms with Crippen molar-refractivity contribution in [1.29, 1.82) is 0 Å². The number of nitrogens with one attached hydrogen (secondary N) is 2. The average Bonchev–Trinajstić information content (AvgIpc) is 2.49. The number of amides is 1. The van der Waals surface area contributed by atoms with Crippen molar-refractivity contribution in [2.75, 3.05) is 11.9 Å². The van der Waals surface area contributed by atoms with Gasteiger partial charge in [0, 0.05) is 10.5 Å². The van der Waals surface area contributed by atoms with Crippen LogP contribution in [-0.2, 0) is 4.79 Å². The molecule has 0 bridgehead atoms. The summed E-state index contributed by atoms with van der Waals surface area (Å²) in [5.74, 6) is 0.930. The van der Waals surface area contributed by atoms with Crippen LogP contribution in [0.2, 0.25) is 0 Å². The van der Waals surface area contributed by atoms with Crippen LogP contribution in [0.3, 0.4) is 0 Å². The minimum atomic E-state index is 0.0255. The minimum Gasteiger partial charge on any atom is -0.324 e. The summed E-state index contributed by atoms with van der Waals surface area (Å²) < 4.78 is 0.915. The molecule has 0 aromatic heterocycles. The molecule has 116 valence electrons. The van der Waals surface area contributed by atoms with E-state index in [1.807, 2.05) is 24.3 Å². The number of hydrogen-bond acceptors (Lipinski definition) is 2. The number of benzene rings is 1. The molecule has 0 radical (unpaired) electrons. The van der Waals surface area contributed by atoms with Crippen LogP contribution >= 0.6 is 15.9 Å². The van der Waals surface area contributed by atoms with E-state index in [0.717, 1.165) is 16.1 Å². The van der Waals surface area contributed by atoms with Crippen LogP contribution in [0.15, 0.2) is 28.7 Å². The summed E-state index contributed by atoms with van der Waals surface area (Å²) >= 11 is 3.44. The standard InChI is InChI=1S/C17H25BrN2O/c1-2-5-13-8-10-14(11-9-13)19-12-17(21)20-16-7-4-3-6-15(16)18/h3-4,6-7,13-14,19H,2,5,8-12H2,1H3,(H,20,21). The van der Waals surface area contributed by atoms with Gasteiger partial charge in [-0.3, -0.25) is 4.79 Å². The maximum absolute atomic E-state index is 12.0. The molecule has 21 heavy (non-hydrogen) atoms. The summed E-state index contributed by atoms with van der Waals surface area (Å²) in [5.41, 5.74) is 0.830. The van der Waals surface area contributed by atoms with Gasteiger partial charge in [0.15, 0.2) is 0 Å². The summed E-state index contributed by atoms with van der Waals surface area (Å²) in [6.07, 6.45) is 7.65. The Kier molecular flexibility index (Phi) is 6.71. The van der Waals surface area contributed by atoms with Crippen molar-refractivity contribution >= 4 is 27.5 Å². The fourth-order valence-corrected chi connectivity index (χ4v) is 3.44. The molecular formula is C17H25BrN2O.